The maximum atomic E-state index is 3.58. The number of hydrogen-bond donors (Lipinski definition) is 1. The molecule has 1 nitrogen and oxygen atoms in total. The van der Waals surface area contributed by atoms with Gasteiger partial charge in [0.25, 0.3) is 0 Å². The predicted molar refractivity (Wildman–Crippen MR) is 67.3 cm³/mol. The van der Waals surface area contributed by atoms with Crippen LogP contribution >= 0.6 is 11.8 Å². The Kier molecular flexibility index (Phi) is 4.09. The molecule has 1 aromatic rings. The van der Waals surface area contributed by atoms with Gasteiger partial charge in [-0.2, -0.15) is 0 Å². The highest BCUT2D eigenvalue weighted by Crippen LogP contribution is 2.25. The second-order valence-corrected chi connectivity index (χ2v) is 5.25. The highest BCUT2D eigenvalue weighted by Gasteiger charge is 2.20. The van der Waals surface area contributed by atoms with Gasteiger partial charge >= 0.3 is 0 Å². The summed E-state index contributed by atoms with van der Waals surface area (Å²) in [5, 5.41) is 3.58. The summed E-state index contributed by atoms with van der Waals surface area (Å²) in [6.07, 6.45) is 3.98. The SMILES string of the molecule is CCCSc1ccccc1CNC1CC1. The Balaban J connectivity index is 1.93. The van der Waals surface area contributed by atoms with Gasteiger partial charge in [0.15, 0.2) is 0 Å². The quantitative estimate of drug-likeness (QED) is 0.739. The van der Waals surface area contributed by atoms with Crippen molar-refractivity contribution in [1.82, 2.24) is 5.32 Å². The molecular weight excluding hydrogens is 202 g/mol. The molecular formula is C13H19NS. The normalized spacial score (nSPS) is 15.5. The van der Waals surface area contributed by atoms with E-state index in [0.29, 0.717) is 0 Å². The molecule has 0 spiro atoms. The Bertz CT molecular complexity index is 307. The first-order valence-corrected chi connectivity index (χ1v) is 6.83. The topological polar surface area (TPSA) is 12.0 Å². The van der Waals surface area contributed by atoms with Gasteiger partial charge in [-0.05, 0) is 36.6 Å². The molecule has 1 aliphatic carbocycles. The first-order valence-electron chi connectivity index (χ1n) is 5.84. The van der Waals surface area contributed by atoms with Gasteiger partial charge in [-0.25, -0.2) is 0 Å². The molecule has 2 heteroatoms. The summed E-state index contributed by atoms with van der Waals surface area (Å²) in [7, 11) is 0. The highest BCUT2D eigenvalue weighted by molar-refractivity contribution is 7.99. The minimum Gasteiger partial charge on any atom is -0.310 e. The molecule has 0 unspecified atom stereocenters. The van der Waals surface area contributed by atoms with E-state index in [1.165, 1.54) is 35.5 Å². The summed E-state index contributed by atoms with van der Waals surface area (Å²) < 4.78 is 0. The minimum atomic E-state index is 0.800. The molecule has 0 radical (unpaired) electrons. The van der Waals surface area contributed by atoms with Crippen molar-refractivity contribution in [3.63, 3.8) is 0 Å². The van der Waals surface area contributed by atoms with Crippen LogP contribution in [0.3, 0.4) is 0 Å². The number of nitrogens with one attached hydrogen (secondary N) is 1. The van der Waals surface area contributed by atoms with Crippen LogP contribution in [0.2, 0.25) is 0 Å². The summed E-state index contributed by atoms with van der Waals surface area (Å²) in [5.41, 5.74) is 1.46. The summed E-state index contributed by atoms with van der Waals surface area (Å²) in [4.78, 5) is 1.45. The number of rotatable bonds is 6. The zero-order valence-electron chi connectivity index (χ0n) is 9.33. The molecule has 1 saturated carbocycles. The average molecular weight is 221 g/mol. The van der Waals surface area contributed by atoms with Crippen LogP contribution in [-0.2, 0) is 6.54 Å². The average Bonchev–Trinajstić information content (AvgIpc) is 3.08. The zero-order chi connectivity index (χ0) is 10.5. The van der Waals surface area contributed by atoms with Crippen molar-refractivity contribution in [3.05, 3.63) is 29.8 Å². The van der Waals surface area contributed by atoms with Crippen LogP contribution in [0.15, 0.2) is 29.2 Å². The number of thioether (sulfide) groups is 1. The van der Waals surface area contributed by atoms with E-state index in [1.807, 2.05) is 11.8 Å². The van der Waals surface area contributed by atoms with E-state index in [4.69, 9.17) is 0 Å². The van der Waals surface area contributed by atoms with E-state index in [2.05, 4.69) is 36.5 Å². The van der Waals surface area contributed by atoms with Crippen molar-refractivity contribution in [2.75, 3.05) is 5.75 Å². The summed E-state index contributed by atoms with van der Waals surface area (Å²) in [6, 6.07) is 9.56. The lowest BCUT2D eigenvalue weighted by Gasteiger charge is -2.09. The van der Waals surface area contributed by atoms with Crippen LogP contribution in [0.5, 0.6) is 0 Å². The van der Waals surface area contributed by atoms with Crippen LogP contribution in [-0.4, -0.2) is 11.8 Å². The Morgan fingerprint density at radius 1 is 1.33 bits per heavy atom. The lowest BCUT2D eigenvalue weighted by atomic mass is 10.2. The minimum absolute atomic E-state index is 0.800. The third-order valence-electron chi connectivity index (χ3n) is 2.59. The lowest BCUT2D eigenvalue weighted by molar-refractivity contribution is 0.680. The largest absolute Gasteiger partial charge is 0.310 e. The molecule has 1 N–H and O–H groups in total. The number of hydrogen-bond acceptors (Lipinski definition) is 2. The Morgan fingerprint density at radius 2 is 2.13 bits per heavy atom. The summed E-state index contributed by atoms with van der Waals surface area (Å²) in [6.45, 7) is 3.27. The molecule has 0 heterocycles. The molecule has 1 aliphatic rings. The summed E-state index contributed by atoms with van der Waals surface area (Å²) in [5.74, 6) is 1.22. The second kappa shape index (κ2) is 5.57. The standard InChI is InChI=1S/C13H19NS/c1-2-9-15-13-6-4-3-5-11(13)10-14-12-7-8-12/h3-6,12,14H,2,7-10H2,1H3. The van der Waals surface area contributed by atoms with Gasteiger partial charge in [0.2, 0.25) is 0 Å². The molecule has 0 amide bonds. The Morgan fingerprint density at radius 3 is 2.87 bits per heavy atom. The fraction of sp³-hybridized carbons (Fsp3) is 0.538. The maximum absolute atomic E-state index is 3.58. The Hall–Kier alpha value is -0.470. The first kappa shape index (κ1) is 11.0. The van der Waals surface area contributed by atoms with Crippen LogP contribution in [0.1, 0.15) is 31.7 Å². The van der Waals surface area contributed by atoms with Crippen molar-refractivity contribution in [3.8, 4) is 0 Å². The van der Waals surface area contributed by atoms with Crippen LogP contribution in [0.4, 0.5) is 0 Å². The van der Waals surface area contributed by atoms with Crippen LogP contribution < -0.4 is 5.32 Å². The smallest absolute Gasteiger partial charge is 0.0219 e. The van der Waals surface area contributed by atoms with Crippen molar-refractivity contribution in [1.29, 1.82) is 0 Å². The van der Waals surface area contributed by atoms with Crippen LogP contribution in [0, 0.1) is 0 Å². The molecule has 0 atom stereocenters. The van der Waals surface area contributed by atoms with Crippen molar-refractivity contribution in [2.45, 2.75) is 43.7 Å². The third-order valence-corrected chi connectivity index (χ3v) is 3.91. The van der Waals surface area contributed by atoms with Gasteiger partial charge in [-0.3, -0.25) is 0 Å². The van der Waals surface area contributed by atoms with Crippen molar-refractivity contribution >= 4 is 11.8 Å². The molecule has 15 heavy (non-hydrogen) atoms. The van der Waals surface area contributed by atoms with E-state index in [9.17, 15) is 0 Å². The Labute approximate surface area is 96.7 Å². The molecule has 0 bridgehead atoms. The molecule has 2 rings (SSSR count). The number of benzene rings is 1. The van der Waals surface area contributed by atoms with E-state index < -0.39 is 0 Å². The van der Waals surface area contributed by atoms with Crippen molar-refractivity contribution in [2.24, 2.45) is 0 Å². The zero-order valence-corrected chi connectivity index (χ0v) is 10.1. The summed E-state index contributed by atoms with van der Waals surface area (Å²) >= 11 is 1.98. The van der Waals surface area contributed by atoms with Gasteiger partial charge in [-0.15, -0.1) is 11.8 Å². The fourth-order valence-corrected chi connectivity index (χ4v) is 2.47. The fourth-order valence-electron chi connectivity index (χ4n) is 1.54. The molecule has 0 aromatic heterocycles. The van der Waals surface area contributed by atoms with E-state index >= 15 is 0 Å². The maximum Gasteiger partial charge on any atom is 0.0219 e. The van der Waals surface area contributed by atoms with E-state index in [1.54, 1.807) is 0 Å². The van der Waals surface area contributed by atoms with Gasteiger partial charge in [0.1, 0.15) is 0 Å². The molecule has 82 valence electrons. The van der Waals surface area contributed by atoms with E-state index in [0.717, 1.165) is 12.6 Å². The predicted octanol–water partition coefficient (Wildman–Crippen LogP) is 3.44. The van der Waals surface area contributed by atoms with Crippen LogP contribution in [0.25, 0.3) is 0 Å². The van der Waals surface area contributed by atoms with Gasteiger partial charge in [0.05, 0.1) is 0 Å². The second-order valence-electron chi connectivity index (χ2n) is 4.11. The van der Waals surface area contributed by atoms with Crippen molar-refractivity contribution < 1.29 is 0 Å². The first-order chi connectivity index (χ1) is 7.40. The third kappa shape index (κ3) is 3.54. The van der Waals surface area contributed by atoms with Gasteiger partial charge in [-0.1, -0.05) is 25.1 Å². The van der Waals surface area contributed by atoms with Gasteiger partial charge < -0.3 is 5.32 Å². The highest BCUT2D eigenvalue weighted by atomic mass is 32.2. The molecule has 1 aromatic carbocycles. The monoisotopic (exact) mass is 221 g/mol. The molecule has 1 fully saturated rings. The van der Waals surface area contributed by atoms with E-state index in [-0.39, 0.29) is 0 Å². The van der Waals surface area contributed by atoms with Gasteiger partial charge in [0, 0.05) is 17.5 Å². The lowest BCUT2D eigenvalue weighted by Crippen LogP contribution is -2.15. The molecule has 0 aliphatic heterocycles. The molecule has 0 saturated heterocycles.